The molecule has 13 rings (SSSR count). The zero-order valence-corrected chi connectivity index (χ0v) is 69.4. The van der Waals surface area contributed by atoms with E-state index in [4.69, 9.17) is 85.3 Å². The van der Waals surface area contributed by atoms with Gasteiger partial charge in [0.2, 0.25) is 6.10 Å². The van der Waals surface area contributed by atoms with Crippen LogP contribution in [0.4, 0.5) is 0 Å². The smallest absolute Gasteiger partial charge is 0.350 e. The molecule has 4 heterocycles. The molecular formula is C96H90O31. The molecule has 0 spiro atoms. The maximum Gasteiger partial charge on any atom is 0.350 e. The molecule has 660 valence electrons. The van der Waals surface area contributed by atoms with Crippen LogP contribution in [-0.2, 0) is 99.6 Å². The number of carbonyl (C=O) groups excluding carboxylic acids is 12. The second kappa shape index (κ2) is 41.9. The van der Waals surface area contributed by atoms with Gasteiger partial charge in [0.05, 0.1) is 67.5 Å². The van der Waals surface area contributed by atoms with E-state index in [2.05, 4.69) is 0 Å². The average Bonchev–Trinajstić information content (AvgIpc) is 1.64. The van der Waals surface area contributed by atoms with Crippen molar-refractivity contribution in [2.24, 2.45) is 10.8 Å². The summed E-state index contributed by atoms with van der Waals surface area (Å²) in [5.74, 6) is -12.7. The van der Waals surface area contributed by atoms with Crippen LogP contribution in [0.25, 0.3) is 0 Å². The number of aliphatic hydroxyl groups is 1. The largest absolute Gasteiger partial charge is 0.462 e. The predicted molar refractivity (Wildman–Crippen MR) is 440 cm³/mol. The number of rotatable bonds is 33. The number of hydrogen-bond donors (Lipinski definition) is 1. The van der Waals surface area contributed by atoms with Gasteiger partial charge in [-0.05, 0) is 151 Å². The molecule has 0 amide bonds. The lowest BCUT2D eigenvalue weighted by molar-refractivity contribution is -0.267. The number of hydrogen-bond acceptors (Lipinski definition) is 31. The van der Waals surface area contributed by atoms with Crippen LogP contribution in [0.15, 0.2) is 273 Å². The minimum Gasteiger partial charge on any atom is -0.462 e. The van der Waals surface area contributed by atoms with Gasteiger partial charge in [0.15, 0.2) is 67.7 Å². The van der Waals surface area contributed by atoms with Crippen LogP contribution in [0.5, 0.6) is 0 Å². The second-order valence-corrected chi connectivity index (χ2v) is 31.6. The van der Waals surface area contributed by atoms with Crippen LogP contribution >= 0.6 is 0 Å². The number of esters is 12. The number of aliphatic hydroxyl groups excluding tert-OH is 1. The van der Waals surface area contributed by atoms with E-state index in [1.165, 1.54) is 236 Å². The highest BCUT2D eigenvalue weighted by Gasteiger charge is 2.62. The van der Waals surface area contributed by atoms with E-state index in [-0.39, 0.29) is 50.1 Å². The van der Waals surface area contributed by atoms with Gasteiger partial charge in [-0.15, -0.1) is 0 Å². The molecule has 0 radical (unpaired) electrons. The van der Waals surface area contributed by atoms with E-state index in [9.17, 15) is 43.5 Å². The van der Waals surface area contributed by atoms with Gasteiger partial charge < -0.3 is 90.4 Å². The van der Waals surface area contributed by atoms with Crippen molar-refractivity contribution in [2.45, 2.75) is 152 Å². The zero-order valence-electron chi connectivity index (χ0n) is 69.4. The Bertz CT molecular complexity index is 5270. The fourth-order valence-electron chi connectivity index (χ4n) is 13.7. The summed E-state index contributed by atoms with van der Waals surface area (Å²) in [5, 5.41) is 12.3. The summed E-state index contributed by atoms with van der Waals surface area (Å²) >= 11 is 0. The van der Waals surface area contributed by atoms with Crippen LogP contribution in [0.2, 0.25) is 0 Å². The van der Waals surface area contributed by atoms with Crippen molar-refractivity contribution in [1.82, 2.24) is 0 Å². The van der Waals surface area contributed by atoms with Crippen LogP contribution in [0.1, 0.15) is 135 Å². The minimum absolute atomic E-state index is 0.0364. The van der Waals surface area contributed by atoms with Crippen molar-refractivity contribution < 1.29 is 148 Å². The monoisotopic (exact) mass is 1740 g/mol. The van der Waals surface area contributed by atoms with Gasteiger partial charge in [0.1, 0.15) is 56.4 Å². The molecule has 18 atom stereocenters. The Morgan fingerprint density at radius 1 is 0.307 bits per heavy atom. The maximum atomic E-state index is 15.4. The molecule has 4 saturated heterocycles. The molecular weight excluding hydrogens is 1650 g/mol. The topological polar surface area (TPSA) is 391 Å². The lowest BCUT2D eigenvalue weighted by atomic mass is 9.97. The number of carbonyl (C=O) groups is 12. The summed E-state index contributed by atoms with van der Waals surface area (Å²) in [7, 11) is 0. The molecule has 9 aromatic rings. The molecule has 31 nitrogen and oxygen atoms in total. The molecule has 31 heteroatoms. The van der Waals surface area contributed by atoms with Gasteiger partial charge in [0.25, 0.3) is 0 Å². The molecule has 0 aromatic heterocycles. The first-order valence-electron chi connectivity index (χ1n) is 40.6. The number of ether oxygens (including phenoxy) is 18. The third kappa shape index (κ3) is 23.3. The first-order chi connectivity index (χ1) is 61.1. The molecule has 1 N–H and O–H groups in total. The van der Waals surface area contributed by atoms with Gasteiger partial charge in [-0.3, -0.25) is 9.59 Å². The van der Waals surface area contributed by atoms with E-state index in [0.29, 0.717) is 0 Å². The maximum absolute atomic E-state index is 15.4. The molecule has 4 aliphatic heterocycles. The highest BCUT2D eigenvalue weighted by molar-refractivity contribution is 5.94. The van der Waals surface area contributed by atoms with Crippen molar-refractivity contribution in [3.8, 4) is 0 Å². The Labute approximate surface area is 728 Å². The van der Waals surface area contributed by atoms with Crippen molar-refractivity contribution in [2.75, 3.05) is 26.4 Å². The number of cyclic esters (lactones) is 1. The highest BCUT2D eigenvalue weighted by atomic mass is 16.8. The first kappa shape index (κ1) is 91.0. The summed E-state index contributed by atoms with van der Waals surface area (Å²) in [5.41, 5.74) is -3.07. The van der Waals surface area contributed by atoms with Crippen LogP contribution < -0.4 is 0 Å². The second-order valence-electron chi connectivity index (χ2n) is 31.6. The fourth-order valence-corrected chi connectivity index (χ4v) is 13.7. The Morgan fingerprint density at radius 3 is 0.976 bits per heavy atom. The van der Waals surface area contributed by atoms with Gasteiger partial charge in [0, 0.05) is 0 Å². The molecule has 0 aliphatic carbocycles. The third-order valence-electron chi connectivity index (χ3n) is 20.4. The van der Waals surface area contributed by atoms with Gasteiger partial charge in [-0.2, -0.15) is 0 Å². The van der Waals surface area contributed by atoms with Crippen LogP contribution in [0.3, 0.4) is 0 Å². The minimum atomic E-state index is -2.29. The van der Waals surface area contributed by atoms with Crippen LogP contribution in [0, 0.1) is 10.8 Å². The molecule has 4 aliphatic rings. The van der Waals surface area contributed by atoms with Gasteiger partial charge in [-0.25, -0.2) is 47.9 Å². The predicted octanol–water partition coefficient (Wildman–Crippen LogP) is 11.1. The normalized spacial score (nSPS) is 23.1. The van der Waals surface area contributed by atoms with E-state index in [1.54, 1.807) is 78.9 Å². The molecule has 0 bridgehead atoms. The molecule has 0 unspecified atom stereocenters. The lowest BCUT2D eigenvalue weighted by Crippen LogP contribution is -2.51. The molecule has 4 fully saturated rings. The Balaban J connectivity index is 0.999. The van der Waals surface area contributed by atoms with Crippen LogP contribution in [-0.4, -0.2) is 214 Å². The molecule has 0 saturated carbocycles. The lowest BCUT2D eigenvalue weighted by Gasteiger charge is -2.32. The Kier molecular flexibility index (Phi) is 30.0. The standard InChI is InChI=1S/C96H90O31/c1-95(2,3)93(108)113-55-65(70-69(97)74(89(107)118-70)127-94(109)96(4,5)6)115-92-79(124-88(106)64-50-32-15-33-51-64)76(121-85(103)61-44-26-12-27-45-61)72(126-92)68(117-91-77(122-86(104)62-46-28-13-29-47-62)73(119-83(101)59-40-22-10-23-41-59)67(116-91)53-111-81(99)57-36-18-8-19-37-57)54-112-90-78(123-87(105)63-48-30-14-31-49-63)75(120-84(102)60-42-24-11-25-43-60)71(125-90)66(114-82(100)58-38-20-9-21-39-58)52-110-80(98)56-34-16-7-17-35-56/h7-51,65-79,90-92,97H,52-55H2,1-6H3/t65-,66-,67-,68-,69+,70+,71+,72+,73-,74-,75+,76+,77+,78-,79-,90-,91-,92-/m1/s1. The van der Waals surface area contributed by atoms with Crippen molar-refractivity contribution >= 4 is 71.6 Å². The zero-order chi connectivity index (χ0) is 89.9. The highest BCUT2D eigenvalue weighted by Crippen LogP contribution is 2.41. The Hall–Kier alpha value is -13.7. The summed E-state index contributed by atoms with van der Waals surface area (Å²) < 4.78 is 116. The van der Waals surface area contributed by atoms with E-state index in [0.717, 1.165) is 0 Å². The quantitative estimate of drug-likeness (QED) is 0.0295. The van der Waals surface area contributed by atoms with Crippen molar-refractivity contribution in [1.29, 1.82) is 0 Å². The summed E-state index contributed by atoms with van der Waals surface area (Å²) in [6.45, 7) is 5.15. The van der Waals surface area contributed by atoms with E-state index in [1.807, 2.05) is 0 Å². The molecule has 127 heavy (non-hydrogen) atoms. The van der Waals surface area contributed by atoms with Crippen molar-refractivity contribution in [3.63, 3.8) is 0 Å². The summed E-state index contributed by atoms with van der Waals surface area (Å²) in [6, 6.07) is 67.4. The average molecular weight is 1740 g/mol. The fraction of sp³-hybridized carbons (Fsp3) is 0.312. The van der Waals surface area contributed by atoms with E-state index < -0.39 is 219 Å². The Morgan fingerprint density at radius 2 is 0.598 bits per heavy atom. The molecule has 9 aromatic carbocycles. The first-order valence-corrected chi connectivity index (χ1v) is 40.6. The van der Waals surface area contributed by atoms with E-state index >= 15 is 19.2 Å². The summed E-state index contributed by atoms with van der Waals surface area (Å²) in [4.78, 5) is 175. The van der Waals surface area contributed by atoms with Gasteiger partial charge in [-0.1, -0.05) is 164 Å². The third-order valence-corrected chi connectivity index (χ3v) is 20.4. The summed E-state index contributed by atoms with van der Waals surface area (Å²) in [6.07, 6.45) is -37.2. The van der Waals surface area contributed by atoms with Gasteiger partial charge >= 0.3 is 71.6 Å². The number of benzene rings is 9. The van der Waals surface area contributed by atoms with Crippen molar-refractivity contribution in [3.05, 3.63) is 323 Å². The SMILES string of the molecule is CC(C)(C)C(=O)OC[C@@H](O[C@@H]1O[C@@H]([C@@H](CO[C@@H]2O[C@@H]([C@@H](COC(=O)c3ccccc3)OC(=O)c3ccccc3)[C@H](OC(=O)c3ccccc3)[C@H]2OC(=O)c2ccccc2)O[C@H]2O[C@H](COC(=O)c3ccccc3)[C@@H](OC(=O)c3ccccc3)[C@@H]2OC(=O)c2ccccc2)[C@H](OC(=O)c2ccccc2)[C@H]1OC(=O)c1ccccc1)[C@@H]1OC(=O)[C@H](OC(=O)C(C)(C)C)[C@H]1O.